The Morgan fingerprint density at radius 3 is 2.79 bits per heavy atom. The van der Waals surface area contributed by atoms with Gasteiger partial charge in [0, 0.05) is 43.7 Å². The van der Waals surface area contributed by atoms with Crippen LogP contribution in [0.5, 0.6) is 0 Å². The van der Waals surface area contributed by atoms with Crippen molar-refractivity contribution in [3.8, 4) is 0 Å². The number of hydrogen-bond acceptors (Lipinski definition) is 6. The van der Waals surface area contributed by atoms with Gasteiger partial charge in [0.2, 0.25) is 11.8 Å². The minimum atomic E-state index is -0.608. The van der Waals surface area contributed by atoms with Crippen LogP contribution < -0.4 is 11.1 Å². The van der Waals surface area contributed by atoms with Crippen molar-refractivity contribution in [1.82, 2.24) is 15.1 Å². The van der Waals surface area contributed by atoms with E-state index >= 15 is 0 Å². The lowest BCUT2D eigenvalue weighted by Gasteiger charge is -2.37. The Bertz CT molecular complexity index is 811. The number of nitrogens with zero attached hydrogens (tertiary/aromatic N) is 2. The van der Waals surface area contributed by atoms with Crippen LogP contribution in [-0.2, 0) is 22.7 Å². The number of nitrogens with two attached hydrogens (primary N) is 1. The Hall–Kier alpha value is -2.29. The van der Waals surface area contributed by atoms with Gasteiger partial charge in [0.1, 0.15) is 6.04 Å². The third-order valence-corrected chi connectivity index (χ3v) is 6.10. The van der Waals surface area contributed by atoms with E-state index in [-0.39, 0.29) is 36.9 Å². The zero-order valence-electron chi connectivity index (χ0n) is 15.8. The number of piperidine rings is 2. The molecule has 0 bridgehead atoms. The first-order valence-electron chi connectivity index (χ1n) is 9.84. The Morgan fingerprint density at radius 2 is 2.04 bits per heavy atom. The third kappa shape index (κ3) is 3.43. The number of nitrogens with one attached hydrogen (secondary N) is 1. The third-order valence-electron chi connectivity index (χ3n) is 6.10. The summed E-state index contributed by atoms with van der Waals surface area (Å²) in [6.45, 7) is 1.76. The Morgan fingerprint density at radius 1 is 1.21 bits per heavy atom. The van der Waals surface area contributed by atoms with Gasteiger partial charge < -0.3 is 15.7 Å². The predicted molar refractivity (Wildman–Crippen MR) is 101 cm³/mol. The fourth-order valence-electron chi connectivity index (χ4n) is 4.57. The van der Waals surface area contributed by atoms with E-state index in [2.05, 4.69) is 10.2 Å². The number of carbonyl (C=O) groups excluding carboxylic acids is 3. The number of carbonyl (C=O) groups is 3. The molecule has 2 saturated heterocycles. The molecular weight excluding hydrogens is 360 g/mol. The van der Waals surface area contributed by atoms with Gasteiger partial charge in [-0.2, -0.15) is 0 Å². The minimum Gasteiger partial charge on any atom is -0.395 e. The highest BCUT2D eigenvalue weighted by molar-refractivity contribution is 6.05. The van der Waals surface area contributed by atoms with E-state index in [1.807, 2.05) is 18.2 Å². The van der Waals surface area contributed by atoms with Crippen LogP contribution in [0, 0.1) is 0 Å². The Kier molecular flexibility index (Phi) is 5.18. The second-order valence-corrected chi connectivity index (χ2v) is 7.94. The summed E-state index contributed by atoms with van der Waals surface area (Å²) in [7, 11) is 0. The summed E-state index contributed by atoms with van der Waals surface area (Å²) < 4.78 is 0. The normalized spacial score (nSPS) is 28.4. The summed E-state index contributed by atoms with van der Waals surface area (Å²) in [4.78, 5) is 40.6. The molecule has 3 amide bonds. The summed E-state index contributed by atoms with van der Waals surface area (Å²) in [5.41, 5.74) is 8.50. The maximum atomic E-state index is 13.2. The molecule has 4 rings (SSSR count). The summed E-state index contributed by atoms with van der Waals surface area (Å²) in [5, 5.41) is 12.1. The SMILES string of the molecule is N[C@@H]1CCN(Cc2cccc3c2C(=O)N(C2CCC(=O)NC2=O)C3)[C@@H](CO)C1. The maximum Gasteiger partial charge on any atom is 0.255 e. The van der Waals surface area contributed by atoms with E-state index < -0.39 is 11.9 Å². The van der Waals surface area contributed by atoms with Crippen LogP contribution >= 0.6 is 0 Å². The fraction of sp³-hybridized carbons (Fsp3) is 0.550. The smallest absolute Gasteiger partial charge is 0.255 e. The van der Waals surface area contributed by atoms with Crippen molar-refractivity contribution >= 4 is 17.7 Å². The number of aliphatic hydroxyl groups excluding tert-OH is 1. The maximum absolute atomic E-state index is 13.2. The number of amides is 3. The molecule has 28 heavy (non-hydrogen) atoms. The van der Waals surface area contributed by atoms with Gasteiger partial charge in [0.15, 0.2) is 0 Å². The van der Waals surface area contributed by atoms with Gasteiger partial charge in [-0.15, -0.1) is 0 Å². The molecular formula is C20H26N4O4. The molecule has 8 heteroatoms. The van der Waals surface area contributed by atoms with Crippen LogP contribution in [0.1, 0.15) is 47.2 Å². The molecule has 3 atom stereocenters. The molecule has 0 aromatic heterocycles. The first kappa shape index (κ1) is 19.0. The number of imide groups is 1. The van der Waals surface area contributed by atoms with Gasteiger partial charge in [-0.25, -0.2) is 0 Å². The van der Waals surface area contributed by atoms with E-state index in [0.29, 0.717) is 25.1 Å². The topological polar surface area (TPSA) is 116 Å². The van der Waals surface area contributed by atoms with Gasteiger partial charge in [0.05, 0.1) is 6.61 Å². The molecule has 2 fully saturated rings. The highest BCUT2D eigenvalue weighted by atomic mass is 16.3. The second kappa shape index (κ2) is 7.62. The van der Waals surface area contributed by atoms with Crippen LogP contribution in [0.4, 0.5) is 0 Å². The fourth-order valence-corrected chi connectivity index (χ4v) is 4.57. The molecule has 4 N–H and O–H groups in total. The van der Waals surface area contributed by atoms with Gasteiger partial charge in [-0.05, 0) is 30.4 Å². The molecule has 0 aliphatic carbocycles. The molecule has 0 saturated carbocycles. The van der Waals surface area contributed by atoms with Crippen molar-refractivity contribution in [2.45, 2.75) is 56.9 Å². The Balaban J connectivity index is 1.55. The molecule has 1 unspecified atom stereocenters. The molecule has 0 radical (unpaired) electrons. The average molecular weight is 386 g/mol. The lowest BCUT2D eigenvalue weighted by atomic mass is 9.96. The number of rotatable bonds is 4. The van der Waals surface area contributed by atoms with Crippen molar-refractivity contribution in [2.24, 2.45) is 5.73 Å². The van der Waals surface area contributed by atoms with Crippen LogP contribution in [-0.4, -0.2) is 63.9 Å². The zero-order chi connectivity index (χ0) is 19.8. The molecule has 3 aliphatic rings. The lowest BCUT2D eigenvalue weighted by molar-refractivity contribution is -0.136. The standard InChI is InChI=1S/C20H26N4O4/c21-14-6-7-23(15(8-14)11-25)9-12-2-1-3-13-10-24(20(28)18(12)13)16-4-5-17(26)22-19(16)27/h1-3,14-16,25H,4-11,21H2,(H,22,26,27)/t14-,15-,16?/m1/s1. The van der Waals surface area contributed by atoms with Crippen molar-refractivity contribution < 1.29 is 19.5 Å². The number of benzene rings is 1. The van der Waals surface area contributed by atoms with Gasteiger partial charge in [0.25, 0.3) is 5.91 Å². The highest BCUT2D eigenvalue weighted by Gasteiger charge is 2.40. The minimum absolute atomic E-state index is 0.0117. The van der Waals surface area contributed by atoms with Gasteiger partial charge >= 0.3 is 0 Å². The quantitative estimate of drug-likeness (QED) is 0.614. The second-order valence-electron chi connectivity index (χ2n) is 7.94. The number of fused-ring (bicyclic) bond motifs is 1. The molecule has 8 nitrogen and oxygen atoms in total. The molecule has 3 heterocycles. The van der Waals surface area contributed by atoms with Crippen LogP contribution in [0.2, 0.25) is 0 Å². The highest BCUT2D eigenvalue weighted by Crippen LogP contribution is 2.31. The van der Waals surface area contributed by atoms with Crippen LogP contribution in [0.3, 0.4) is 0 Å². The zero-order valence-corrected chi connectivity index (χ0v) is 15.8. The Labute approximate surface area is 163 Å². The molecule has 0 spiro atoms. The van der Waals surface area contributed by atoms with Crippen LogP contribution in [0.25, 0.3) is 0 Å². The summed E-state index contributed by atoms with van der Waals surface area (Å²) >= 11 is 0. The van der Waals surface area contributed by atoms with Crippen molar-refractivity contribution in [3.63, 3.8) is 0 Å². The molecule has 1 aromatic rings. The molecule has 150 valence electrons. The van der Waals surface area contributed by atoms with Crippen molar-refractivity contribution in [2.75, 3.05) is 13.2 Å². The van der Waals surface area contributed by atoms with E-state index in [0.717, 1.165) is 30.5 Å². The number of likely N-dealkylation sites (tertiary alicyclic amines) is 1. The molecule has 1 aromatic carbocycles. The summed E-state index contributed by atoms with van der Waals surface area (Å²) in [6.07, 6.45) is 2.20. The van der Waals surface area contributed by atoms with Crippen molar-refractivity contribution in [1.29, 1.82) is 0 Å². The number of aliphatic hydroxyl groups is 1. The predicted octanol–water partition coefficient (Wildman–Crippen LogP) is -0.268. The van der Waals surface area contributed by atoms with Gasteiger partial charge in [-0.3, -0.25) is 24.6 Å². The first-order chi connectivity index (χ1) is 13.5. The van der Waals surface area contributed by atoms with Crippen LogP contribution in [0.15, 0.2) is 18.2 Å². The lowest BCUT2D eigenvalue weighted by Crippen LogP contribution is -2.52. The monoisotopic (exact) mass is 386 g/mol. The van der Waals surface area contributed by atoms with E-state index in [9.17, 15) is 19.5 Å². The summed E-state index contributed by atoms with van der Waals surface area (Å²) in [6, 6.07) is 5.26. The van der Waals surface area contributed by atoms with E-state index in [1.54, 1.807) is 4.90 Å². The first-order valence-corrected chi connectivity index (χ1v) is 9.84. The van der Waals surface area contributed by atoms with Gasteiger partial charge in [-0.1, -0.05) is 18.2 Å². The summed E-state index contributed by atoms with van der Waals surface area (Å²) in [5.74, 6) is -0.844. The van der Waals surface area contributed by atoms with E-state index in [4.69, 9.17) is 5.73 Å². The van der Waals surface area contributed by atoms with E-state index in [1.165, 1.54) is 0 Å². The number of hydrogen-bond donors (Lipinski definition) is 3. The average Bonchev–Trinajstić information content (AvgIpc) is 3.00. The largest absolute Gasteiger partial charge is 0.395 e. The molecule has 3 aliphatic heterocycles. The van der Waals surface area contributed by atoms with Crippen molar-refractivity contribution in [3.05, 3.63) is 34.9 Å².